The Kier molecular flexibility index (Phi) is 10.4. The molecule has 44 heavy (non-hydrogen) atoms. The quantitative estimate of drug-likeness (QED) is 0.210. The fourth-order valence-corrected chi connectivity index (χ4v) is 8.20. The summed E-state index contributed by atoms with van der Waals surface area (Å²) in [5.74, 6) is -4.91. The Hall–Kier alpha value is -3.00. The Labute approximate surface area is 264 Å². The van der Waals surface area contributed by atoms with E-state index in [1.165, 1.54) is 25.4 Å². The molecular formula is C32H39NO9S2. The molecule has 2 heterocycles. The highest BCUT2D eigenvalue weighted by molar-refractivity contribution is 7.98. The predicted molar refractivity (Wildman–Crippen MR) is 168 cm³/mol. The summed E-state index contributed by atoms with van der Waals surface area (Å²) in [5.41, 5.74) is -1.32. The van der Waals surface area contributed by atoms with E-state index >= 15 is 0 Å². The molecule has 0 saturated heterocycles. The van der Waals surface area contributed by atoms with Gasteiger partial charge in [0.25, 0.3) is 0 Å². The minimum atomic E-state index is -2.74. The first-order valence-electron chi connectivity index (χ1n) is 14.3. The van der Waals surface area contributed by atoms with Crippen molar-refractivity contribution in [1.29, 1.82) is 0 Å². The maximum absolute atomic E-state index is 12.0. The van der Waals surface area contributed by atoms with Gasteiger partial charge in [-0.3, -0.25) is 9.59 Å². The lowest BCUT2D eigenvalue weighted by Gasteiger charge is -2.51. The minimum Gasteiger partial charge on any atom is -0.481 e. The standard InChI is InChI=1S/C26H31NO2S2.C6H8O7/c1-27(2)17-19-16-25(13-14-26(19,28)18-8-10-20(30-3)11-9-18)24-22(12-15-29-25)21-6-4-5-7-23(21)31-24;7-3(8)1-6(13,5(11)12)2-4(9)10/h4-11,19,28H,12-17H2,1-3H3;13H,1-2H2,(H,7,8)(H,9,10)(H,11,12). The molecule has 1 saturated carbocycles. The fourth-order valence-electron chi connectivity index (χ4n) is 6.36. The van der Waals surface area contributed by atoms with Gasteiger partial charge < -0.3 is 35.2 Å². The van der Waals surface area contributed by atoms with Crippen molar-refractivity contribution in [2.24, 2.45) is 5.92 Å². The van der Waals surface area contributed by atoms with E-state index in [1.54, 1.807) is 11.8 Å². The lowest BCUT2D eigenvalue weighted by molar-refractivity contribution is -0.170. The maximum Gasteiger partial charge on any atom is 0.336 e. The summed E-state index contributed by atoms with van der Waals surface area (Å²) in [6.07, 6.45) is 3.22. The molecule has 0 radical (unpaired) electrons. The second-order valence-corrected chi connectivity index (χ2v) is 13.7. The third-order valence-electron chi connectivity index (χ3n) is 8.46. The topological polar surface area (TPSA) is 165 Å². The van der Waals surface area contributed by atoms with E-state index in [4.69, 9.17) is 25.2 Å². The second kappa shape index (κ2) is 13.6. The third kappa shape index (κ3) is 7.11. The van der Waals surface area contributed by atoms with Crippen molar-refractivity contribution in [3.05, 3.63) is 64.5 Å². The van der Waals surface area contributed by atoms with E-state index in [0.29, 0.717) is 0 Å². The molecule has 0 bridgehead atoms. The fraction of sp³-hybridized carbons (Fsp3) is 0.469. The number of ether oxygens (including phenoxy) is 1. The van der Waals surface area contributed by atoms with E-state index in [1.807, 2.05) is 11.3 Å². The first kappa shape index (κ1) is 33.9. The number of hydrogen-bond donors (Lipinski definition) is 5. The number of carbonyl (C=O) groups is 3. The maximum atomic E-state index is 12.0. The van der Waals surface area contributed by atoms with Gasteiger partial charge in [-0.2, -0.15) is 0 Å². The zero-order valence-corrected chi connectivity index (χ0v) is 26.6. The van der Waals surface area contributed by atoms with Gasteiger partial charge in [0.05, 0.1) is 25.0 Å². The molecule has 1 spiro atoms. The Balaban J connectivity index is 0.000000289. The Morgan fingerprint density at radius 2 is 1.66 bits per heavy atom. The smallest absolute Gasteiger partial charge is 0.336 e. The molecule has 1 aliphatic carbocycles. The molecule has 2 aromatic carbocycles. The predicted octanol–water partition coefficient (Wildman–Crippen LogP) is 4.39. The molecule has 3 atom stereocenters. The molecule has 2 aliphatic rings. The SMILES string of the molecule is CSc1ccc(C2(O)CCC3(CC2CN(C)C)OCCc2c3sc3ccccc23)cc1.O=C(O)CC(O)(CC(=O)O)C(=O)O. The van der Waals surface area contributed by atoms with Crippen LogP contribution in [0, 0.1) is 5.92 Å². The number of aliphatic carboxylic acids is 3. The van der Waals surface area contributed by atoms with Crippen LogP contribution >= 0.6 is 23.1 Å². The van der Waals surface area contributed by atoms with Gasteiger partial charge in [0, 0.05) is 26.9 Å². The number of rotatable bonds is 9. The number of thiophene rings is 1. The summed E-state index contributed by atoms with van der Waals surface area (Å²) in [6, 6.07) is 17.3. The summed E-state index contributed by atoms with van der Waals surface area (Å²) < 4.78 is 7.97. The molecule has 1 fully saturated rings. The van der Waals surface area contributed by atoms with Crippen LogP contribution in [-0.2, 0) is 36.7 Å². The van der Waals surface area contributed by atoms with Gasteiger partial charge in [0.15, 0.2) is 5.60 Å². The third-order valence-corrected chi connectivity index (χ3v) is 10.6. The molecule has 1 aliphatic heterocycles. The first-order valence-corrected chi connectivity index (χ1v) is 16.3. The second-order valence-electron chi connectivity index (χ2n) is 11.8. The number of aliphatic hydroxyl groups is 2. The first-order chi connectivity index (χ1) is 20.7. The number of benzene rings is 2. The molecule has 1 aromatic heterocycles. The Morgan fingerprint density at radius 3 is 2.23 bits per heavy atom. The average Bonchev–Trinajstić information content (AvgIpc) is 3.35. The van der Waals surface area contributed by atoms with Crippen LogP contribution in [0.25, 0.3) is 10.1 Å². The summed E-state index contributed by atoms with van der Waals surface area (Å²) in [6.45, 7) is 1.61. The number of carboxylic acids is 3. The van der Waals surface area contributed by atoms with Gasteiger partial charge in [-0.15, -0.1) is 23.1 Å². The van der Waals surface area contributed by atoms with Gasteiger partial charge in [-0.25, -0.2) is 4.79 Å². The molecule has 12 heteroatoms. The highest BCUT2D eigenvalue weighted by Crippen LogP contribution is 2.55. The van der Waals surface area contributed by atoms with E-state index < -0.39 is 42.0 Å². The lowest BCUT2D eigenvalue weighted by atomic mass is 9.64. The van der Waals surface area contributed by atoms with Crippen molar-refractivity contribution in [2.45, 2.75) is 60.2 Å². The molecule has 5 N–H and O–H groups in total. The minimum absolute atomic E-state index is 0.104. The van der Waals surface area contributed by atoms with Crippen molar-refractivity contribution in [3.8, 4) is 0 Å². The van der Waals surface area contributed by atoms with Crippen molar-refractivity contribution in [3.63, 3.8) is 0 Å². The highest BCUT2D eigenvalue weighted by Gasteiger charge is 2.53. The Bertz CT molecular complexity index is 1490. The van der Waals surface area contributed by atoms with E-state index in [9.17, 15) is 19.5 Å². The normalized spacial score (nSPS) is 23.2. The monoisotopic (exact) mass is 645 g/mol. The number of fused-ring (bicyclic) bond motifs is 4. The number of thioether (sulfide) groups is 1. The molecule has 5 rings (SSSR count). The number of hydrogen-bond acceptors (Lipinski definition) is 9. The summed E-state index contributed by atoms with van der Waals surface area (Å²) in [5, 5.41) is 47.2. The highest BCUT2D eigenvalue weighted by atomic mass is 32.2. The van der Waals surface area contributed by atoms with Crippen LogP contribution < -0.4 is 0 Å². The molecule has 3 unspecified atom stereocenters. The molecule has 238 valence electrons. The molecule has 0 amide bonds. The Morgan fingerprint density at radius 1 is 1.02 bits per heavy atom. The van der Waals surface area contributed by atoms with Crippen LogP contribution in [0.3, 0.4) is 0 Å². The van der Waals surface area contributed by atoms with E-state index in [0.717, 1.165) is 44.4 Å². The van der Waals surface area contributed by atoms with Gasteiger partial charge in [-0.05, 0) is 80.7 Å². The summed E-state index contributed by atoms with van der Waals surface area (Å²) in [4.78, 5) is 35.3. The molecular weight excluding hydrogens is 606 g/mol. The van der Waals surface area contributed by atoms with Gasteiger partial charge >= 0.3 is 17.9 Å². The molecule has 3 aromatic rings. The largest absolute Gasteiger partial charge is 0.481 e. The van der Waals surface area contributed by atoms with Crippen molar-refractivity contribution >= 4 is 51.1 Å². The van der Waals surface area contributed by atoms with Crippen LogP contribution in [0.4, 0.5) is 0 Å². The van der Waals surface area contributed by atoms with E-state index in [2.05, 4.69) is 73.8 Å². The number of nitrogens with zero attached hydrogens (tertiary/aromatic N) is 1. The summed E-state index contributed by atoms with van der Waals surface area (Å²) >= 11 is 3.64. The molecule has 10 nitrogen and oxygen atoms in total. The zero-order chi connectivity index (χ0) is 32.3. The van der Waals surface area contributed by atoms with Crippen molar-refractivity contribution in [2.75, 3.05) is 33.5 Å². The van der Waals surface area contributed by atoms with E-state index in [-0.39, 0.29) is 11.5 Å². The van der Waals surface area contributed by atoms with Crippen LogP contribution in [0.15, 0.2) is 53.4 Å². The van der Waals surface area contributed by atoms with Crippen LogP contribution in [0.1, 0.15) is 48.1 Å². The van der Waals surface area contributed by atoms with Gasteiger partial charge in [-0.1, -0.05) is 30.3 Å². The van der Waals surface area contributed by atoms with Crippen LogP contribution in [0.5, 0.6) is 0 Å². The van der Waals surface area contributed by atoms with Crippen LogP contribution in [0.2, 0.25) is 0 Å². The van der Waals surface area contributed by atoms with Gasteiger partial charge in [0.1, 0.15) is 5.60 Å². The zero-order valence-electron chi connectivity index (χ0n) is 25.0. The lowest BCUT2D eigenvalue weighted by Crippen LogP contribution is -2.51. The van der Waals surface area contributed by atoms with Crippen LogP contribution in [-0.4, -0.2) is 87.4 Å². The van der Waals surface area contributed by atoms with Crippen molar-refractivity contribution in [1.82, 2.24) is 4.90 Å². The average molecular weight is 646 g/mol. The number of carboxylic acid groups (broad SMARTS) is 3. The summed E-state index contributed by atoms with van der Waals surface area (Å²) in [7, 11) is 4.20. The van der Waals surface area contributed by atoms with Gasteiger partial charge in [0.2, 0.25) is 0 Å². The van der Waals surface area contributed by atoms with Crippen molar-refractivity contribution < 1.29 is 44.7 Å².